The van der Waals surface area contributed by atoms with Crippen LogP contribution >= 0.6 is 0 Å². The lowest BCUT2D eigenvalue weighted by Gasteiger charge is -2.63. The van der Waals surface area contributed by atoms with Crippen molar-refractivity contribution in [1.29, 1.82) is 0 Å². The van der Waals surface area contributed by atoms with Crippen LogP contribution in [0.5, 0.6) is 0 Å². The van der Waals surface area contributed by atoms with Gasteiger partial charge in [-0.25, -0.2) is 0 Å². The molecule has 8 atom stereocenters. The van der Waals surface area contributed by atoms with Crippen LogP contribution in [0.1, 0.15) is 78.1 Å². The molecule has 0 radical (unpaired) electrons. The number of fused-ring (bicyclic) bond motifs is 6. The van der Waals surface area contributed by atoms with Crippen LogP contribution in [0.3, 0.4) is 0 Å². The first-order valence-electron chi connectivity index (χ1n) is 10.3. The Morgan fingerprint density at radius 3 is 2.39 bits per heavy atom. The van der Waals surface area contributed by atoms with E-state index in [0.717, 1.165) is 43.1 Å². The Hall–Kier alpha value is -0.0800. The molecule has 23 heavy (non-hydrogen) atoms. The number of aliphatic hydroxyl groups excluding tert-OH is 1. The lowest BCUT2D eigenvalue weighted by molar-refractivity contribution is -0.232. The molecule has 5 aliphatic rings. The Morgan fingerprint density at radius 2 is 1.65 bits per heavy atom. The lowest BCUT2D eigenvalue weighted by Crippen LogP contribution is -2.60. The molecule has 0 bridgehead atoms. The molecule has 2 heteroatoms. The molecule has 1 saturated heterocycles. The summed E-state index contributed by atoms with van der Waals surface area (Å²) in [6.45, 7) is 6.18. The first kappa shape index (κ1) is 15.2. The summed E-state index contributed by atoms with van der Waals surface area (Å²) in [5.74, 6) is 3.55. The zero-order valence-electron chi connectivity index (χ0n) is 15.0. The molecule has 4 saturated carbocycles. The first-order chi connectivity index (χ1) is 11.0. The summed E-state index contributed by atoms with van der Waals surface area (Å²) >= 11 is 0. The van der Waals surface area contributed by atoms with Crippen molar-refractivity contribution in [2.75, 3.05) is 6.61 Å². The van der Waals surface area contributed by atoms with Crippen molar-refractivity contribution in [2.45, 2.75) is 89.8 Å². The third kappa shape index (κ3) is 1.78. The van der Waals surface area contributed by atoms with E-state index in [1.54, 1.807) is 0 Å². The highest BCUT2D eigenvalue weighted by Crippen LogP contribution is 2.70. The molecule has 0 aromatic heterocycles. The second-order valence-corrected chi connectivity index (χ2v) is 10.2. The lowest BCUT2D eigenvalue weighted by atomic mass is 9.44. The molecule has 130 valence electrons. The largest absolute Gasteiger partial charge is 0.393 e. The summed E-state index contributed by atoms with van der Waals surface area (Å²) in [4.78, 5) is 0. The van der Waals surface area contributed by atoms with Crippen molar-refractivity contribution < 1.29 is 9.84 Å². The van der Waals surface area contributed by atoms with Crippen molar-refractivity contribution in [2.24, 2.45) is 34.5 Å². The van der Waals surface area contributed by atoms with E-state index >= 15 is 0 Å². The van der Waals surface area contributed by atoms with Crippen LogP contribution in [0.2, 0.25) is 0 Å². The van der Waals surface area contributed by atoms with Crippen molar-refractivity contribution >= 4 is 0 Å². The number of rotatable bonds is 0. The van der Waals surface area contributed by atoms with Gasteiger partial charge < -0.3 is 9.84 Å². The van der Waals surface area contributed by atoms with Crippen molar-refractivity contribution in [1.82, 2.24) is 0 Å². The van der Waals surface area contributed by atoms with Gasteiger partial charge in [0.2, 0.25) is 0 Å². The Morgan fingerprint density at radius 1 is 0.870 bits per heavy atom. The molecule has 0 aromatic carbocycles. The fraction of sp³-hybridized carbons (Fsp3) is 1.00. The van der Waals surface area contributed by atoms with Gasteiger partial charge in [-0.05, 0) is 92.3 Å². The molecule has 1 heterocycles. The minimum absolute atomic E-state index is 0.0170. The monoisotopic (exact) mass is 318 g/mol. The molecule has 1 spiro atoms. The maximum Gasteiger partial charge on any atom is 0.0760 e. The minimum atomic E-state index is -0.0170. The first-order valence-corrected chi connectivity index (χ1v) is 10.3. The van der Waals surface area contributed by atoms with Gasteiger partial charge in [-0.15, -0.1) is 0 Å². The Kier molecular flexibility index (Phi) is 3.14. The van der Waals surface area contributed by atoms with Crippen LogP contribution in [0.25, 0.3) is 0 Å². The summed E-state index contributed by atoms with van der Waals surface area (Å²) in [5, 5.41) is 10.1. The van der Waals surface area contributed by atoms with Crippen LogP contribution in [0.4, 0.5) is 0 Å². The number of aliphatic hydroxyl groups is 1. The van der Waals surface area contributed by atoms with Gasteiger partial charge in [0.1, 0.15) is 0 Å². The van der Waals surface area contributed by atoms with Crippen molar-refractivity contribution in [3.05, 3.63) is 0 Å². The van der Waals surface area contributed by atoms with Crippen molar-refractivity contribution in [3.8, 4) is 0 Å². The Balaban J connectivity index is 1.45. The predicted molar refractivity (Wildman–Crippen MR) is 91.0 cm³/mol. The zero-order chi connectivity index (χ0) is 15.9. The molecule has 0 amide bonds. The van der Waals surface area contributed by atoms with Crippen LogP contribution in [0.15, 0.2) is 0 Å². The third-order valence-corrected chi connectivity index (χ3v) is 9.81. The van der Waals surface area contributed by atoms with E-state index in [0.29, 0.717) is 10.8 Å². The standard InChI is InChI=1S/C21H34O2/c1-19-8-5-15(22)13-14(19)3-4-16-17(19)6-9-20(2)18(16)7-10-21(20)11-12-23-21/h14-18,22H,3-13H2,1-2H3/t14-,15-,16+,17-,18-,19-,20-,21+/m0/s1. The maximum absolute atomic E-state index is 10.1. The fourth-order valence-electron chi connectivity index (χ4n) is 8.32. The van der Waals surface area contributed by atoms with E-state index in [9.17, 15) is 5.11 Å². The number of ether oxygens (including phenoxy) is 1. The molecule has 2 nitrogen and oxygen atoms in total. The second-order valence-electron chi connectivity index (χ2n) is 10.2. The molecular formula is C21H34O2. The van der Waals surface area contributed by atoms with Crippen LogP contribution in [0, 0.1) is 34.5 Å². The number of hydrogen-bond donors (Lipinski definition) is 1. The molecule has 0 aromatic rings. The summed E-state index contributed by atoms with van der Waals surface area (Å²) in [7, 11) is 0. The van der Waals surface area contributed by atoms with Gasteiger partial charge in [0.15, 0.2) is 0 Å². The van der Waals surface area contributed by atoms with E-state index < -0.39 is 0 Å². The summed E-state index contributed by atoms with van der Waals surface area (Å²) in [5.41, 5.74) is 1.24. The Bertz CT molecular complexity index is 498. The summed E-state index contributed by atoms with van der Waals surface area (Å²) in [6, 6.07) is 0. The van der Waals surface area contributed by atoms with Gasteiger partial charge in [0.05, 0.1) is 18.3 Å². The summed E-state index contributed by atoms with van der Waals surface area (Å²) < 4.78 is 6.24. The molecular weight excluding hydrogens is 284 g/mol. The second kappa shape index (κ2) is 4.75. The van der Waals surface area contributed by atoms with Gasteiger partial charge in [-0.2, -0.15) is 0 Å². The zero-order valence-corrected chi connectivity index (χ0v) is 15.0. The quantitative estimate of drug-likeness (QED) is 0.710. The minimum Gasteiger partial charge on any atom is -0.393 e. The van der Waals surface area contributed by atoms with E-state index in [2.05, 4.69) is 13.8 Å². The topological polar surface area (TPSA) is 29.5 Å². The van der Waals surface area contributed by atoms with E-state index in [-0.39, 0.29) is 11.7 Å². The van der Waals surface area contributed by atoms with Crippen molar-refractivity contribution in [3.63, 3.8) is 0 Å². The van der Waals surface area contributed by atoms with Crippen LogP contribution in [-0.4, -0.2) is 23.4 Å². The number of hydrogen-bond acceptors (Lipinski definition) is 2. The molecule has 5 rings (SSSR count). The van der Waals surface area contributed by atoms with Gasteiger partial charge in [0, 0.05) is 6.42 Å². The highest BCUT2D eigenvalue weighted by atomic mass is 16.5. The van der Waals surface area contributed by atoms with Gasteiger partial charge >= 0.3 is 0 Å². The normalized spacial score (nSPS) is 61.4. The molecule has 4 aliphatic carbocycles. The average Bonchev–Trinajstić information content (AvgIpc) is 2.81. The van der Waals surface area contributed by atoms with E-state index in [4.69, 9.17) is 4.74 Å². The van der Waals surface area contributed by atoms with E-state index in [1.807, 2.05) is 0 Å². The fourth-order valence-corrected chi connectivity index (χ4v) is 8.32. The third-order valence-electron chi connectivity index (χ3n) is 9.81. The molecule has 0 unspecified atom stereocenters. The van der Waals surface area contributed by atoms with Crippen LogP contribution in [-0.2, 0) is 4.74 Å². The molecule has 1 N–H and O–H groups in total. The van der Waals surface area contributed by atoms with Crippen LogP contribution < -0.4 is 0 Å². The average molecular weight is 319 g/mol. The SMILES string of the molecule is C[C@]12CC[C@H](O)C[C@@H]1CC[C@@H]1[C@@H]2CC[C@@]2(C)[C@H]1CC[C@@]21CCO1. The molecule has 5 fully saturated rings. The molecule has 1 aliphatic heterocycles. The van der Waals surface area contributed by atoms with Gasteiger partial charge in [-0.3, -0.25) is 0 Å². The van der Waals surface area contributed by atoms with Gasteiger partial charge in [0.25, 0.3) is 0 Å². The summed E-state index contributed by atoms with van der Waals surface area (Å²) in [6.07, 6.45) is 13.1. The Labute approximate surface area is 141 Å². The van der Waals surface area contributed by atoms with E-state index in [1.165, 1.54) is 51.4 Å². The van der Waals surface area contributed by atoms with Gasteiger partial charge in [-0.1, -0.05) is 13.8 Å². The predicted octanol–water partition coefficient (Wildman–Crippen LogP) is 4.55. The highest BCUT2D eigenvalue weighted by molar-refractivity contribution is 5.16. The highest BCUT2D eigenvalue weighted by Gasteiger charge is 2.66. The maximum atomic E-state index is 10.1. The smallest absolute Gasteiger partial charge is 0.0760 e.